The lowest BCUT2D eigenvalue weighted by Gasteiger charge is -2.41. The van der Waals surface area contributed by atoms with Crippen LogP contribution in [0.25, 0.3) is 17.1 Å². The van der Waals surface area contributed by atoms with Crippen LogP contribution in [0.15, 0.2) is 59.3 Å². The van der Waals surface area contributed by atoms with Crippen molar-refractivity contribution in [2.45, 2.75) is 64.1 Å². The van der Waals surface area contributed by atoms with Crippen LogP contribution >= 0.6 is 15.9 Å². The maximum absolute atomic E-state index is 15.5. The molecule has 2 aromatic carbocycles. The van der Waals surface area contributed by atoms with Crippen LogP contribution in [0.4, 0.5) is 10.3 Å². The van der Waals surface area contributed by atoms with E-state index in [0.29, 0.717) is 33.0 Å². The van der Waals surface area contributed by atoms with Crippen LogP contribution in [0, 0.1) is 12.7 Å². The molecule has 242 valence electrons. The summed E-state index contributed by atoms with van der Waals surface area (Å²) < 4.78 is 66.6. The van der Waals surface area contributed by atoms with E-state index in [1.807, 2.05) is 46.9 Å². The van der Waals surface area contributed by atoms with Crippen molar-refractivity contribution in [1.29, 1.82) is 0 Å². The summed E-state index contributed by atoms with van der Waals surface area (Å²) in [6, 6.07) is 11.6. The number of para-hydroxylation sites is 1. The highest BCUT2D eigenvalue weighted by molar-refractivity contribution is 9.10. The minimum absolute atomic E-state index is 0.122. The van der Waals surface area contributed by atoms with Gasteiger partial charge < -0.3 is 13.9 Å². The van der Waals surface area contributed by atoms with Gasteiger partial charge in [-0.25, -0.2) is 12.8 Å². The van der Waals surface area contributed by atoms with Gasteiger partial charge in [0.1, 0.15) is 28.3 Å². The van der Waals surface area contributed by atoms with Crippen molar-refractivity contribution in [2.24, 2.45) is 0 Å². The number of benzene rings is 2. The summed E-state index contributed by atoms with van der Waals surface area (Å²) in [6.45, 7) is 13.5. The molecule has 0 aliphatic rings. The zero-order valence-corrected chi connectivity index (χ0v) is 30.2. The predicted molar refractivity (Wildman–Crippen MR) is 180 cm³/mol. The largest absolute Gasteiger partial charge is 0.494 e. The molecule has 0 bridgehead atoms. The molecule has 14 heteroatoms. The van der Waals surface area contributed by atoms with E-state index >= 15 is 4.39 Å². The topological polar surface area (TPSA) is 117 Å². The maximum Gasteiger partial charge on any atom is 0.243 e. The first kappa shape index (κ1) is 34.5. The molecule has 0 amide bonds. The van der Waals surface area contributed by atoms with E-state index in [1.54, 1.807) is 42.7 Å². The van der Waals surface area contributed by atoms with E-state index in [9.17, 15) is 8.42 Å². The molecule has 0 fully saturated rings. The number of sulfonamides is 1. The third-order valence-electron chi connectivity index (χ3n) is 8.07. The number of rotatable bonds is 11. The van der Waals surface area contributed by atoms with Crippen LogP contribution in [0.3, 0.4) is 0 Å². The van der Waals surface area contributed by atoms with Gasteiger partial charge >= 0.3 is 0 Å². The molecular weight excluding hydrogens is 681 g/mol. The molecule has 0 aliphatic heterocycles. The highest BCUT2D eigenvalue weighted by Crippen LogP contribution is 2.43. The van der Waals surface area contributed by atoms with E-state index < -0.39 is 35.5 Å². The lowest BCUT2D eigenvalue weighted by Crippen LogP contribution is -2.45. The van der Waals surface area contributed by atoms with Crippen LogP contribution in [0.1, 0.15) is 44.9 Å². The minimum atomic E-state index is -4.30. The molecule has 2 aromatic heterocycles. The van der Waals surface area contributed by atoms with E-state index in [4.69, 9.17) is 13.9 Å². The van der Waals surface area contributed by atoms with Crippen molar-refractivity contribution >= 4 is 40.2 Å². The summed E-state index contributed by atoms with van der Waals surface area (Å²) in [6.07, 6.45) is 2.17. The third kappa shape index (κ3) is 7.24. The first-order valence-corrected chi connectivity index (χ1v) is 19.5. The molecule has 0 spiro atoms. The van der Waals surface area contributed by atoms with E-state index in [0.717, 1.165) is 5.56 Å². The summed E-state index contributed by atoms with van der Waals surface area (Å²) in [5.74, 6) is 0.378. The highest BCUT2D eigenvalue weighted by Gasteiger charge is 2.44. The van der Waals surface area contributed by atoms with Gasteiger partial charge in [0.05, 0.1) is 20.3 Å². The monoisotopic (exact) mass is 719 g/mol. The first-order chi connectivity index (χ1) is 21.0. The number of methoxy groups -OCH3 is 2. The second-order valence-corrected chi connectivity index (χ2v) is 20.0. The Balaban J connectivity index is 1.88. The van der Waals surface area contributed by atoms with E-state index in [1.165, 1.54) is 31.8 Å². The Bertz CT molecular complexity index is 1770. The van der Waals surface area contributed by atoms with Gasteiger partial charge in [-0.05, 0) is 67.9 Å². The second kappa shape index (κ2) is 13.2. The summed E-state index contributed by atoms with van der Waals surface area (Å²) in [4.78, 5) is 4.28. The van der Waals surface area contributed by atoms with Crippen molar-refractivity contribution in [1.82, 2.24) is 19.7 Å². The summed E-state index contributed by atoms with van der Waals surface area (Å²) >= 11 is 3.29. The molecule has 0 unspecified atom stereocenters. The number of anilines is 1. The molecule has 2 heterocycles. The Labute approximate surface area is 273 Å². The van der Waals surface area contributed by atoms with Gasteiger partial charge in [0.15, 0.2) is 14.1 Å². The Morgan fingerprint density at radius 3 is 2.22 bits per heavy atom. The molecule has 4 rings (SSSR count). The smallest absolute Gasteiger partial charge is 0.243 e. The molecule has 0 radical (unpaired) electrons. The fourth-order valence-corrected chi connectivity index (χ4v) is 7.35. The number of halogens is 2. The van der Waals surface area contributed by atoms with Crippen LogP contribution in [-0.4, -0.2) is 56.0 Å². The minimum Gasteiger partial charge on any atom is -0.494 e. The highest BCUT2D eigenvalue weighted by atomic mass is 79.9. The number of hydrogen-bond acceptors (Lipinski definition) is 8. The average Bonchev–Trinajstić information content (AvgIpc) is 3.36. The third-order valence-corrected chi connectivity index (χ3v) is 14.7. The van der Waals surface area contributed by atoms with E-state index in [-0.39, 0.29) is 16.6 Å². The number of pyridine rings is 1. The van der Waals surface area contributed by atoms with E-state index in [2.05, 4.69) is 35.8 Å². The molecule has 0 saturated carbocycles. The zero-order valence-electron chi connectivity index (χ0n) is 26.8. The van der Waals surface area contributed by atoms with Gasteiger partial charge in [-0.15, -0.1) is 10.2 Å². The predicted octanol–water partition coefficient (Wildman–Crippen LogP) is 7.45. The number of aromatic nitrogens is 4. The van der Waals surface area contributed by atoms with Gasteiger partial charge in [-0.3, -0.25) is 14.3 Å². The van der Waals surface area contributed by atoms with Crippen molar-refractivity contribution in [3.05, 3.63) is 76.3 Å². The van der Waals surface area contributed by atoms with Crippen molar-refractivity contribution < 1.29 is 26.7 Å². The fraction of sp³-hybridized carbons (Fsp3) is 0.387. The van der Waals surface area contributed by atoms with Crippen molar-refractivity contribution in [3.63, 3.8) is 0 Å². The van der Waals surface area contributed by atoms with Crippen LogP contribution in [0.5, 0.6) is 11.5 Å². The molecular formula is C31H39BrFN5O5SSi. The molecule has 2 atom stereocenters. The Morgan fingerprint density at radius 1 is 1.02 bits per heavy atom. The standard InChI is InChI=1S/C31H39BrFN5O5SSi/c1-19-15-21(18-34-17-19)29-35-36-30(38(29)27-25(41-6)11-10-12-26(27)42-7)37-44(39,40)20(2)28(43-45(8,9)31(3,4)5)23-14-13-22(32)16-24(23)33/h10-18,20,28H,1-9H3,(H,36,37)/t20-,28-/m0/s1. The number of nitrogens with zero attached hydrogens (tertiary/aromatic N) is 4. The normalized spacial score (nSPS) is 13.8. The van der Waals surface area contributed by atoms with Crippen molar-refractivity contribution in [3.8, 4) is 28.6 Å². The SMILES string of the molecule is COc1cccc(OC)c1-n1c(NS(=O)(=O)[C@@H](C)[C@H](O[Si](C)(C)C(C)(C)C)c2ccc(Br)cc2F)nnc1-c1cncc(C)c1. The zero-order chi connectivity index (χ0) is 33.3. The molecule has 0 saturated heterocycles. The number of hydrogen-bond donors (Lipinski definition) is 1. The number of aryl methyl sites for hydroxylation is 1. The second-order valence-electron chi connectivity index (χ2n) is 12.3. The van der Waals surface area contributed by atoms with Gasteiger partial charge in [0.25, 0.3) is 0 Å². The van der Waals surface area contributed by atoms with Crippen LogP contribution in [0.2, 0.25) is 18.1 Å². The lowest BCUT2D eigenvalue weighted by atomic mass is 10.1. The molecule has 10 nitrogen and oxygen atoms in total. The van der Waals surface area contributed by atoms with Crippen molar-refractivity contribution in [2.75, 3.05) is 18.9 Å². The van der Waals surface area contributed by atoms with Crippen LogP contribution < -0.4 is 14.2 Å². The quantitative estimate of drug-likeness (QED) is 0.159. The van der Waals surface area contributed by atoms with Gasteiger partial charge in [0, 0.05) is 28.0 Å². The Hall–Kier alpha value is -3.33. The fourth-order valence-electron chi connectivity index (χ4n) is 4.50. The molecule has 4 aromatic rings. The summed E-state index contributed by atoms with van der Waals surface area (Å²) in [5.41, 5.74) is 1.97. The lowest BCUT2D eigenvalue weighted by molar-refractivity contribution is 0.177. The first-order valence-electron chi connectivity index (χ1n) is 14.2. The Morgan fingerprint density at radius 2 is 1.67 bits per heavy atom. The molecule has 45 heavy (non-hydrogen) atoms. The van der Waals surface area contributed by atoms with Gasteiger partial charge in [-0.1, -0.05) is 48.8 Å². The average molecular weight is 721 g/mol. The van der Waals surface area contributed by atoms with Gasteiger partial charge in [0.2, 0.25) is 16.0 Å². The van der Waals surface area contributed by atoms with Gasteiger partial charge in [-0.2, -0.15) is 0 Å². The van der Waals surface area contributed by atoms with Crippen LogP contribution in [-0.2, 0) is 14.4 Å². The number of ether oxygens (including phenoxy) is 2. The Kier molecular flexibility index (Phi) is 10.1. The molecule has 0 aliphatic carbocycles. The summed E-state index contributed by atoms with van der Waals surface area (Å²) in [7, 11) is -3.91. The molecule has 1 N–H and O–H groups in total. The summed E-state index contributed by atoms with van der Waals surface area (Å²) in [5, 5.41) is 7.10. The number of nitrogens with one attached hydrogen (secondary N) is 1. The maximum atomic E-state index is 15.5.